The van der Waals surface area contributed by atoms with E-state index in [0.717, 1.165) is 28.6 Å². The number of aliphatic hydroxyl groups excluding tert-OH is 1. The lowest BCUT2D eigenvalue weighted by atomic mass is 10.1. The molecule has 0 fully saturated rings. The summed E-state index contributed by atoms with van der Waals surface area (Å²) in [6.07, 6.45) is 5.71. The Kier molecular flexibility index (Phi) is 7.74. The van der Waals surface area contributed by atoms with E-state index in [9.17, 15) is 0 Å². The van der Waals surface area contributed by atoms with Crippen LogP contribution in [0.5, 0.6) is 0 Å². The van der Waals surface area contributed by atoms with E-state index in [1.807, 2.05) is 17.8 Å². The van der Waals surface area contributed by atoms with Crippen LogP contribution in [0.1, 0.15) is 32.1 Å². The van der Waals surface area contributed by atoms with Crippen LogP contribution in [-0.2, 0) is 0 Å². The number of rotatable bonds is 10. The van der Waals surface area contributed by atoms with Gasteiger partial charge >= 0.3 is 0 Å². The predicted molar refractivity (Wildman–Crippen MR) is 114 cm³/mol. The van der Waals surface area contributed by atoms with Gasteiger partial charge in [-0.1, -0.05) is 91.7 Å². The third kappa shape index (κ3) is 5.44. The van der Waals surface area contributed by atoms with Gasteiger partial charge in [-0.3, -0.25) is 0 Å². The molecule has 0 aliphatic carbocycles. The number of hydrogen-bond donors (Lipinski definition) is 1. The molecular weight excluding hydrogens is 358 g/mol. The van der Waals surface area contributed by atoms with Gasteiger partial charge in [0.1, 0.15) is 0 Å². The standard InChI is InChI=1S/C22H25NOS2/c24-16-10-2-1-3-11-17-25-22-23-20(18-12-6-4-7-13-18)21(26-22)19-14-8-5-9-15-19/h4-9,12-15,24H,1-3,10-11,16-17H2. The van der Waals surface area contributed by atoms with Crippen LogP contribution in [-0.4, -0.2) is 22.5 Å². The minimum Gasteiger partial charge on any atom is -0.396 e. The Bertz CT molecular complexity index is 714. The molecule has 3 aromatic rings. The van der Waals surface area contributed by atoms with Crippen molar-refractivity contribution in [3.63, 3.8) is 0 Å². The summed E-state index contributed by atoms with van der Waals surface area (Å²) in [4.78, 5) is 6.20. The molecular formula is C22H25NOS2. The number of nitrogens with zero attached hydrogens (tertiary/aromatic N) is 1. The van der Waals surface area contributed by atoms with Crippen LogP contribution >= 0.6 is 23.1 Å². The zero-order chi connectivity index (χ0) is 18.0. The Labute approximate surface area is 164 Å². The SMILES string of the molecule is OCCCCCCCSc1nc(-c2ccccc2)c(-c2ccccc2)s1. The third-order valence-electron chi connectivity index (χ3n) is 4.22. The van der Waals surface area contributed by atoms with Crippen molar-refractivity contribution in [3.8, 4) is 21.7 Å². The molecule has 0 spiro atoms. The quantitative estimate of drug-likeness (QED) is 0.320. The summed E-state index contributed by atoms with van der Waals surface area (Å²) in [6.45, 7) is 0.318. The lowest BCUT2D eigenvalue weighted by Gasteiger charge is -2.02. The molecule has 3 rings (SSSR count). The van der Waals surface area contributed by atoms with Crippen molar-refractivity contribution in [1.82, 2.24) is 4.98 Å². The molecule has 136 valence electrons. The van der Waals surface area contributed by atoms with Crippen LogP contribution < -0.4 is 0 Å². The molecule has 26 heavy (non-hydrogen) atoms. The third-order valence-corrected chi connectivity index (χ3v) is 6.55. The minimum absolute atomic E-state index is 0.318. The highest BCUT2D eigenvalue weighted by Gasteiger charge is 2.14. The molecule has 0 radical (unpaired) electrons. The molecule has 0 saturated carbocycles. The van der Waals surface area contributed by atoms with E-state index in [1.165, 1.54) is 35.3 Å². The van der Waals surface area contributed by atoms with E-state index in [4.69, 9.17) is 10.1 Å². The second-order valence-corrected chi connectivity index (χ2v) is 8.57. The van der Waals surface area contributed by atoms with Gasteiger partial charge in [0.25, 0.3) is 0 Å². The predicted octanol–water partition coefficient (Wildman–Crippen LogP) is 6.51. The molecule has 0 aliphatic rings. The number of aromatic nitrogens is 1. The normalized spacial score (nSPS) is 11.0. The fourth-order valence-corrected chi connectivity index (χ4v) is 5.08. The second kappa shape index (κ2) is 10.5. The summed E-state index contributed by atoms with van der Waals surface area (Å²) < 4.78 is 1.15. The molecule has 0 amide bonds. The van der Waals surface area contributed by atoms with Gasteiger partial charge in [-0.15, -0.1) is 11.3 Å². The number of benzene rings is 2. The Balaban J connectivity index is 1.69. The van der Waals surface area contributed by atoms with E-state index in [-0.39, 0.29) is 0 Å². The Hall–Kier alpha value is -1.62. The highest BCUT2D eigenvalue weighted by molar-refractivity contribution is 8.01. The first-order chi connectivity index (χ1) is 12.9. The van der Waals surface area contributed by atoms with E-state index >= 15 is 0 Å². The summed E-state index contributed by atoms with van der Waals surface area (Å²) in [5, 5.41) is 8.82. The van der Waals surface area contributed by atoms with Crippen molar-refractivity contribution in [2.45, 2.75) is 36.4 Å². The average molecular weight is 384 g/mol. The lowest BCUT2D eigenvalue weighted by molar-refractivity contribution is 0.282. The zero-order valence-corrected chi connectivity index (χ0v) is 16.6. The van der Waals surface area contributed by atoms with Gasteiger partial charge in [-0.2, -0.15) is 0 Å². The van der Waals surface area contributed by atoms with Crippen LogP contribution in [0.25, 0.3) is 21.7 Å². The summed E-state index contributed by atoms with van der Waals surface area (Å²) in [5.74, 6) is 1.11. The number of thioether (sulfide) groups is 1. The number of thiazole rings is 1. The lowest BCUT2D eigenvalue weighted by Crippen LogP contribution is -1.85. The summed E-state index contributed by atoms with van der Waals surface area (Å²) in [5.41, 5.74) is 3.51. The first kappa shape index (κ1) is 19.2. The molecule has 1 N–H and O–H groups in total. The van der Waals surface area contributed by atoms with Crippen molar-refractivity contribution in [3.05, 3.63) is 60.7 Å². The minimum atomic E-state index is 0.318. The molecule has 2 nitrogen and oxygen atoms in total. The Morgan fingerprint density at radius 1 is 0.769 bits per heavy atom. The number of unbranched alkanes of at least 4 members (excludes halogenated alkanes) is 4. The molecule has 0 aliphatic heterocycles. The molecule has 0 unspecified atom stereocenters. The van der Waals surface area contributed by atoms with Crippen LogP contribution in [0.2, 0.25) is 0 Å². The smallest absolute Gasteiger partial charge is 0.151 e. The van der Waals surface area contributed by atoms with E-state index in [1.54, 1.807) is 11.3 Å². The molecule has 0 saturated heterocycles. The van der Waals surface area contributed by atoms with Gasteiger partial charge in [0.15, 0.2) is 4.34 Å². The van der Waals surface area contributed by atoms with Gasteiger partial charge in [-0.25, -0.2) is 4.98 Å². The fourth-order valence-electron chi connectivity index (χ4n) is 2.84. The largest absolute Gasteiger partial charge is 0.396 e. The zero-order valence-electron chi connectivity index (χ0n) is 14.9. The van der Waals surface area contributed by atoms with Crippen LogP contribution in [0.4, 0.5) is 0 Å². The maximum Gasteiger partial charge on any atom is 0.151 e. The average Bonchev–Trinajstić information content (AvgIpc) is 3.13. The highest BCUT2D eigenvalue weighted by Crippen LogP contribution is 2.40. The second-order valence-electron chi connectivity index (χ2n) is 6.23. The highest BCUT2D eigenvalue weighted by atomic mass is 32.2. The van der Waals surface area contributed by atoms with Crippen molar-refractivity contribution in [2.75, 3.05) is 12.4 Å². The monoisotopic (exact) mass is 383 g/mol. The van der Waals surface area contributed by atoms with Crippen LogP contribution in [0.15, 0.2) is 65.0 Å². The molecule has 4 heteroatoms. The summed E-state index contributed by atoms with van der Waals surface area (Å²) in [7, 11) is 0. The number of hydrogen-bond acceptors (Lipinski definition) is 4. The summed E-state index contributed by atoms with van der Waals surface area (Å²) in [6, 6.07) is 21.0. The Morgan fingerprint density at radius 3 is 2.08 bits per heavy atom. The van der Waals surface area contributed by atoms with Gasteiger partial charge in [0.2, 0.25) is 0 Å². The fraction of sp³-hybridized carbons (Fsp3) is 0.318. The van der Waals surface area contributed by atoms with Crippen LogP contribution in [0.3, 0.4) is 0 Å². The van der Waals surface area contributed by atoms with Crippen molar-refractivity contribution in [1.29, 1.82) is 0 Å². The van der Waals surface area contributed by atoms with Gasteiger partial charge in [0, 0.05) is 17.9 Å². The van der Waals surface area contributed by atoms with Gasteiger partial charge in [0.05, 0.1) is 10.6 Å². The molecule has 1 heterocycles. The summed E-state index contributed by atoms with van der Waals surface area (Å²) >= 11 is 3.66. The van der Waals surface area contributed by atoms with Crippen molar-refractivity contribution in [2.24, 2.45) is 0 Å². The van der Waals surface area contributed by atoms with E-state index < -0.39 is 0 Å². The first-order valence-electron chi connectivity index (χ1n) is 9.24. The molecule has 2 aromatic carbocycles. The first-order valence-corrected chi connectivity index (χ1v) is 11.0. The maximum atomic E-state index is 8.82. The molecule has 0 atom stereocenters. The Morgan fingerprint density at radius 2 is 1.38 bits per heavy atom. The van der Waals surface area contributed by atoms with E-state index in [0.29, 0.717) is 6.61 Å². The molecule has 1 aromatic heterocycles. The maximum absolute atomic E-state index is 8.82. The topological polar surface area (TPSA) is 33.1 Å². The van der Waals surface area contributed by atoms with E-state index in [2.05, 4.69) is 54.6 Å². The van der Waals surface area contributed by atoms with Crippen LogP contribution in [0, 0.1) is 0 Å². The van der Waals surface area contributed by atoms with Gasteiger partial charge < -0.3 is 5.11 Å². The van der Waals surface area contributed by atoms with Crippen molar-refractivity contribution >= 4 is 23.1 Å². The van der Waals surface area contributed by atoms with Gasteiger partial charge in [-0.05, 0) is 18.4 Å². The van der Waals surface area contributed by atoms with Crippen molar-refractivity contribution < 1.29 is 5.11 Å². The number of aliphatic hydroxyl groups is 1. The molecule has 0 bridgehead atoms.